The number of nitrogens with zero attached hydrogens (tertiary/aromatic N) is 1. The second-order valence-corrected chi connectivity index (χ2v) is 6.37. The van der Waals surface area contributed by atoms with Crippen LogP contribution in [0.15, 0.2) is 18.2 Å². The molecule has 2 amide bonds. The van der Waals surface area contributed by atoms with Crippen molar-refractivity contribution in [1.29, 1.82) is 0 Å². The zero-order valence-electron chi connectivity index (χ0n) is 15.9. The van der Waals surface area contributed by atoms with Crippen molar-refractivity contribution in [2.75, 3.05) is 32.8 Å². The largest absolute Gasteiger partial charge is 0.490 e. The van der Waals surface area contributed by atoms with E-state index in [0.717, 1.165) is 36.3 Å². The van der Waals surface area contributed by atoms with E-state index in [1.54, 1.807) is 4.90 Å². The Bertz CT molecular complexity index is 603. The van der Waals surface area contributed by atoms with Crippen LogP contribution in [0.4, 0.5) is 0 Å². The molecule has 6 heteroatoms. The molecule has 1 aliphatic heterocycles. The van der Waals surface area contributed by atoms with Crippen molar-refractivity contribution in [2.24, 2.45) is 0 Å². The van der Waals surface area contributed by atoms with Crippen molar-refractivity contribution in [1.82, 2.24) is 10.2 Å². The lowest BCUT2D eigenvalue weighted by atomic mass is 10.1. The lowest BCUT2D eigenvalue weighted by Crippen LogP contribution is -2.41. The number of amides is 2. The van der Waals surface area contributed by atoms with Crippen molar-refractivity contribution < 1.29 is 19.1 Å². The highest BCUT2D eigenvalue weighted by molar-refractivity contribution is 5.84. The molecule has 1 fully saturated rings. The van der Waals surface area contributed by atoms with Crippen LogP contribution in [-0.4, -0.2) is 49.6 Å². The van der Waals surface area contributed by atoms with Crippen molar-refractivity contribution >= 4 is 11.8 Å². The van der Waals surface area contributed by atoms with E-state index in [1.807, 2.05) is 32.0 Å². The van der Waals surface area contributed by atoms with Gasteiger partial charge in [0.2, 0.25) is 11.8 Å². The van der Waals surface area contributed by atoms with Crippen molar-refractivity contribution in [3.63, 3.8) is 0 Å². The molecule has 1 aromatic carbocycles. The Hall–Kier alpha value is -2.24. The molecule has 0 radical (unpaired) electrons. The van der Waals surface area contributed by atoms with Gasteiger partial charge in [0.25, 0.3) is 0 Å². The first kappa shape index (κ1) is 20.1. The molecule has 1 aliphatic rings. The van der Waals surface area contributed by atoms with Crippen molar-refractivity contribution in [2.45, 2.75) is 46.0 Å². The number of hydrogen-bond acceptors (Lipinski definition) is 4. The summed E-state index contributed by atoms with van der Waals surface area (Å²) in [5, 5.41) is 2.91. The number of likely N-dealkylation sites (tertiary alicyclic amines) is 1. The minimum absolute atomic E-state index is 0.0884. The maximum absolute atomic E-state index is 12.1. The third kappa shape index (κ3) is 6.24. The number of benzene rings is 1. The molecule has 0 bridgehead atoms. The molecule has 0 spiro atoms. The Labute approximate surface area is 155 Å². The highest BCUT2D eigenvalue weighted by Crippen LogP contribution is 2.28. The van der Waals surface area contributed by atoms with Crippen LogP contribution in [0.3, 0.4) is 0 Å². The van der Waals surface area contributed by atoms with Gasteiger partial charge in [-0.05, 0) is 50.8 Å². The molecule has 0 saturated carbocycles. The maximum atomic E-state index is 12.1. The van der Waals surface area contributed by atoms with E-state index in [9.17, 15) is 9.59 Å². The van der Waals surface area contributed by atoms with Gasteiger partial charge in [0.05, 0.1) is 19.8 Å². The first-order chi connectivity index (χ1) is 12.6. The van der Waals surface area contributed by atoms with Crippen LogP contribution in [0, 0.1) is 0 Å². The third-order valence-corrected chi connectivity index (χ3v) is 4.35. The molecule has 0 atom stereocenters. The standard InChI is InChI=1S/C20H30N2O4/c1-3-25-17-10-9-16(14-18(17)26-4-2)11-12-21-19(23)15-22-13-7-5-6-8-20(22)24/h9-10,14H,3-8,11-13,15H2,1-2H3,(H,21,23). The molecule has 6 nitrogen and oxygen atoms in total. The van der Waals surface area contributed by atoms with E-state index in [4.69, 9.17) is 9.47 Å². The molecule has 1 N–H and O–H groups in total. The molecule has 26 heavy (non-hydrogen) atoms. The fraction of sp³-hybridized carbons (Fsp3) is 0.600. The average molecular weight is 362 g/mol. The highest BCUT2D eigenvalue weighted by atomic mass is 16.5. The molecule has 2 rings (SSSR count). The summed E-state index contributed by atoms with van der Waals surface area (Å²) in [4.78, 5) is 25.7. The van der Waals surface area contributed by atoms with Crippen molar-refractivity contribution in [3.05, 3.63) is 23.8 Å². The number of ether oxygens (including phenoxy) is 2. The Balaban J connectivity index is 1.81. The van der Waals surface area contributed by atoms with Gasteiger partial charge < -0.3 is 19.7 Å². The predicted octanol–water partition coefficient (Wildman–Crippen LogP) is 2.55. The number of rotatable bonds is 9. The van der Waals surface area contributed by atoms with E-state index >= 15 is 0 Å². The van der Waals surface area contributed by atoms with Crippen LogP contribution in [0.5, 0.6) is 11.5 Å². The van der Waals surface area contributed by atoms with Crippen molar-refractivity contribution in [3.8, 4) is 11.5 Å². The summed E-state index contributed by atoms with van der Waals surface area (Å²) >= 11 is 0. The van der Waals surface area contributed by atoms with Crippen LogP contribution in [0.25, 0.3) is 0 Å². The molecular formula is C20H30N2O4. The second-order valence-electron chi connectivity index (χ2n) is 6.37. The summed E-state index contributed by atoms with van der Waals surface area (Å²) in [5.41, 5.74) is 1.07. The average Bonchev–Trinajstić information content (AvgIpc) is 2.82. The summed E-state index contributed by atoms with van der Waals surface area (Å²) in [7, 11) is 0. The van der Waals surface area contributed by atoms with Gasteiger partial charge in [0.1, 0.15) is 0 Å². The Morgan fingerprint density at radius 1 is 1.12 bits per heavy atom. The summed E-state index contributed by atoms with van der Waals surface area (Å²) in [6, 6.07) is 5.85. The predicted molar refractivity (Wildman–Crippen MR) is 101 cm³/mol. The minimum atomic E-state index is -0.101. The third-order valence-electron chi connectivity index (χ3n) is 4.35. The summed E-state index contributed by atoms with van der Waals surface area (Å²) < 4.78 is 11.2. The van der Waals surface area contributed by atoms with Crippen LogP contribution in [0.2, 0.25) is 0 Å². The number of carbonyl (C=O) groups excluding carboxylic acids is 2. The van der Waals surface area contributed by atoms with Gasteiger partial charge in [-0.1, -0.05) is 12.5 Å². The number of nitrogens with one attached hydrogen (secondary N) is 1. The van der Waals surface area contributed by atoms with Gasteiger partial charge in [-0.3, -0.25) is 9.59 Å². The maximum Gasteiger partial charge on any atom is 0.239 e. The quantitative estimate of drug-likeness (QED) is 0.733. The molecule has 0 aliphatic carbocycles. The highest BCUT2D eigenvalue weighted by Gasteiger charge is 2.18. The Kier molecular flexibility index (Phi) is 8.25. The Morgan fingerprint density at radius 3 is 2.65 bits per heavy atom. The van der Waals surface area contributed by atoms with Gasteiger partial charge >= 0.3 is 0 Å². The van der Waals surface area contributed by atoms with Gasteiger partial charge in [-0.25, -0.2) is 0 Å². The van der Waals surface area contributed by atoms with E-state index in [2.05, 4.69) is 5.32 Å². The monoisotopic (exact) mass is 362 g/mol. The van der Waals surface area contributed by atoms with E-state index in [0.29, 0.717) is 39.1 Å². The van der Waals surface area contributed by atoms with E-state index in [-0.39, 0.29) is 18.4 Å². The van der Waals surface area contributed by atoms with Crippen LogP contribution in [0.1, 0.15) is 45.1 Å². The topological polar surface area (TPSA) is 67.9 Å². The zero-order valence-corrected chi connectivity index (χ0v) is 15.9. The lowest BCUT2D eigenvalue weighted by Gasteiger charge is -2.19. The van der Waals surface area contributed by atoms with Crippen LogP contribution in [-0.2, 0) is 16.0 Å². The molecular weight excluding hydrogens is 332 g/mol. The zero-order chi connectivity index (χ0) is 18.8. The number of hydrogen-bond donors (Lipinski definition) is 1. The molecule has 1 aromatic rings. The number of carbonyl (C=O) groups is 2. The summed E-state index contributed by atoms with van der Waals surface area (Å²) in [6.45, 7) is 6.41. The molecule has 0 aromatic heterocycles. The van der Waals surface area contributed by atoms with E-state index < -0.39 is 0 Å². The summed E-state index contributed by atoms with van der Waals surface area (Å²) in [5.74, 6) is 1.46. The molecule has 1 heterocycles. The summed E-state index contributed by atoms with van der Waals surface area (Å²) in [6.07, 6.45) is 4.22. The molecule has 144 valence electrons. The van der Waals surface area contributed by atoms with Gasteiger partial charge in [0, 0.05) is 19.5 Å². The minimum Gasteiger partial charge on any atom is -0.490 e. The SMILES string of the molecule is CCOc1ccc(CCNC(=O)CN2CCCCCC2=O)cc1OCC. The first-order valence-corrected chi connectivity index (χ1v) is 9.57. The molecule has 1 saturated heterocycles. The van der Waals surface area contributed by atoms with Crippen LogP contribution < -0.4 is 14.8 Å². The smallest absolute Gasteiger partial charge is 0.239 e. The first-order valence-electron chi connectivity index (χ1n) is 9.57. The lowest BCUT2D eigenvalue weighted by molar-refractivity contribution is -0.135. The Morgan fingerprint density at radius 2 is 1.88 bits per heavy atom. The second kappa shape index (κ2) is 10.7. The van der Waals surface area contributed by atoms with Gasteiger partial charge in [-0.15, -0.1) is 0 Å². The normalized spacial score (nSPS) is 14.7. The fourth-order valence-corrected chi connectivity index (χ4v) is 3.03. The van der Waals surface area contributed by atoms with Crippen LogP contribution >= 0.6 is 0 Å². The molecule has 0 unspecified atom stereocenters. The van der Waals surface area contributed by atoms with E-state index in [1.165, 1.54) is 0 Å². The van der Waals surface area contributed by atoms with Gasteiger partial charge in [0.15, 0.2) is 11.5 Å². The van der Waals surface area contributed by atoms with Gasteiger partial charge in [-0.2, -0.15) is 0 Å². The fourth-order valence-electron chi connectivity index (χ4n) is 3.03.